The number of nitrogens with zero attached hydrogens (tertiary/aromatic N) is 1. The molecular formula is C12H17F3N2O. The van der Waals surface area contributed by atoms with Gasteiger partial charge in [0.15, 0.2) is 0 Å². The molecule has 1 aliphatic rings. The second-order valence-electron chi connectivity index (χ2n) is 4.91. The van der Waals surface area contributed by atoms with E-state index in [0.717, 1.165) is 12.1 Å². The highest BCUT2D eigenvalue weighted by Gasteiger charge is 2.41. The molecular weight excluding hydrogens is 245 g/mol. The van der Waals surface area contributed by atoms with Crippen molar-refractivity contribution in [2.45, 2.75) is 51.4 Å². The molecule has 6 heteroatoms. The van der Waals surface area contributed by atoms with Crippen molar-refractivity contribution < 1.29 is 17.7 Å². The predicted octanol–water partition coefficient (Wildman–Crippen LogP) is 3.19. The maximum Gasteiger partial charge on any atom is 0.391 e. The Kier molecular flexibility index (Phi) is 3.94. The minimum Gasteiger partial charge on any atom is -0.361 e. The summed E-state index contributed by atoms with van der Waals surface area (Å²) in [6.07, 6.45) is -2.22. The molecule has 1 aromatic rings. The predicted molar refractivity (Wildman–Crippen MR) is 59.9 cm³/mol. The van der Waals surface area contributed by atoms with Crippen LogP contribution in [-0.2, 0) is 6.54 Å². The molecule has 0 aliphatic heterocycles. The first kappa shape index (κ1) is 13.4. The van der Waals surface area contributed by atoms with Crippen molar-refractivity contribution >= 4 is 0 Å². The largest absolute Gasteiger partial charge is 0.391 e. The van der Waals surface area contributed by atoms with E-state index in [2.05, 4.69) is 10.5 Å². The summed E-state index contributed by atoms with van der Waals surface area (Å²) >= 11 is 0. The van der Waals surface area contributed by atoms with Crippen LogP contribution in [0.1, 0.15) is 37.1 Å². The van der Waals surface area contributed by atoms with Crippen LogP contribution >= 0.6 is 0 Å². The first-order chi connectivity index (χ1) is 8.45. The molecule has 1 N–H and O–H groups in total. The van der Waals surface area contributed by atoms with Gasteiger partial charge in [-0.3, -0.25) is 0 Å². The number of halogens is 3. The van der Waals surface area contributed by atoms with Gasteiger partial charge in [0, 0.05) is 18.7 Å². The highest BCUT2D eigenvalue weighted by Crippen LogP contribution is 2.37. The van der Waals surface area contributed by atoms with Crippen LogP contribution in [0.3, 0.4) is 0 Å². The van der Waals surface area contributed by atoms with Crippen molar-refractivity contribution in [2.24, 2.45) is 5.92 Å². The molecule has 18 heavy (non-hydrogen) atoms. The van der Waals surface area contributed by atoms with Crippen LogP contribution in [0.2, 0.25) is 0 Å². The van der Waals surface area contributed by atoms with Crippen LogP contribution in [0.15, 0.2) is 10.6 Å². The van der Waals surface area contributed by atoms with Crippen molar-refractivity contribution in [1.82, 2.24) is 10.5 Å². The van der Waals surface area contributed by atoms with E-state index < -0.39 is 12.1 Å². The van der Waals surface area contributed by atoms with Gasteiger partial charge in [-0.2, -0.15) is 13.2 Å². The molecule has 1 aliphatic carbocycles. The molecule has 0 saturated heterocycles. The molecule has 2 unspecified atom stereocenters. The molecule has 102 valence electrons. The average Bonchev–Trinajstić information content (AvgIpc) is 2.72. The number of alkyl halides is 3. The van der Waals surface area contributed by atoms with Crippen LogP contribution in [0, 0.1) is 12.8 Å². The molecule has 0 spiro atoms. The Morgan fingerprint density at radius 3 is 2.83 bits per heavy atom. The zero-order valence-corrected chi connectivity index (χ0v) is 10.3. The summed E-state index contributed by atoms with van der Waals surface area (Å²) in [6.45, 7) is 2.25. The normalized spacial score (nSPS) is 25.3. The molecule has 1 aromatic heterocycles. The summed E-state index contributed by atoms with van der Waals surface area (Å²) in [4.78, 5) is 0. The summed E-state index contributed by atoms with van der Waals surface area (Å²) in [7, 11) is 0. The zero-order valence-electron chi connectivity index (χ0n) is 10.3. The van der Waals surface area contributed by atoms with Crippen molar-refractivity contribution in [1.29, 1.82) is 0 Å². The monoisotopic (exact) mass is 262 g/mol. The highest BCUT2D eigenvalue weighted by atomic mass is 19.4. The number of hydrogen-bond acceptors (Lipinski definition) is 3. The van der Waals surface area contributed by atoms with Crippen LogP contribution < -0.4 is 5.32 Å². The Bertz CT molecular complexity index is 389. The van der Waals surface area contributed by atoms with E-state index in [4.69, 9.17) is 4.52 Å². The molecule has 1 saturated carbocycles. The highest BCUT2D eigenvalue weighted by molar-refractivity contribution is 5.03. The fraction of sp³-hybridized carbons (Fsp3) is 0.750. The third-order valence-electron chi connectivity index (χ3n) is 3.39. The van der Waals surface area contributed by atoms with Gasteiger partial charge < -0.3 is 9.84 Å². The van der Waals surface area contributed by atoms with Crippen LogP contribution in [0.25, 0.3) is 0 Å². The lowest BCUT2D eigenvalue weighted by atomic mass is 9.85. The summed E-state index contributed by atoms with van der Waals surface area (Å²) in [6, 6.07) is 1.71. The van der Waals surface area contributed by atoms with E-state index in [9.17, 15) is 13.2 Å². The molecule has 2 atom stereocenters. The molecule has 0 bridgehead atoms. The third-order valence-corrected chi connectivity index (χ3v) is 3.39. The lowest BCUT2D eigenvalue weighted by Crippen LogP contribution is -2.38. The van der Waals surface area contributed by atoms with Gasteiger partial charge in [-0.1, -0.05) is 11.6 Å². The first-order valence-corrected chi connectivity index (χ1v) is 6.17. The maximum absolute atomic E-state index is 12.6. The van der Waals surface area contributed by atoms with E-state index >= 15 is 0 Å². The lowest BCUT2D eigenvalue weighted by Gasteiger charge is -2.30. The Labute approximate surface area is 104 Å². The van der Waals surface area contributed by atoms with E-state index in [1.54, 1.807) is 13.0 Å². The van der Waals surface area contributed by atoms with Gasteiger partial charge >= 0.3 is 6.18 Å². The van der Waals surface area contributed by atoms with Crippen molar-refractivity contribution in [3.8, 4) is 0 Å². The number of hydrogen-bond donors (Lipinski definition) is 1. The van der Waals surface area contributed by atoms with Crippen LogP contribution in [0.5, 0.6) is 0 Å². The summed E-state index contributed by atoms with van der Waals surface area (Å²) in [5.41, 5.74) is 0.738. The second kappa shape index (κ2) is 5.30. The number of aryl methyl sites for hydroxylation is 1. The van der Waals surface area contributed by atoms with E-state index in [1.807, 2.05) is 0 Å². The average molecular weight is 262 g/mol. The fourth-order valence-corrected chi connectivity index (χ4v) is 2.42. The van der Waals surface area contributed by atoms with Gasteiger partial charge in [0.2, 0.25) is 0 Å². The number of nitrogens with one attached hydrogen (secondary N) is 1. The first-order valence-electron chi connectivity index (χ1n) is 6.17. The molecule has 0 amide bonds. The number of rotatable bonds is 3. The summed E-state index contributed by atoms with van der Waals surface area (Å²) < 4.78 is 42.8. The molecule has 2 rings (SSSR count). The van der Waals surface area contributed by atoms with E-state index in [1.165, 1.54) is 0 Å². The van der Waals surface area contributed by atoms with Gasteiger partial charge in [-0.15, -0.1) is 0 Å². The van der Waals surface area contributed by atoms with Crippen molar-refractivity contribution in [2.75, 3.05) is 0 Å². The Balaban J connectivity index is 1.83. The van der Waals surface area contributed by atoms with E-state index in [-0.39, 0.29) is 18.9 Å². The molecule has 0 radical (unpaired) electrons. The Hall–Kier alpha value is -1.04. The van der Waals surface area contributed by atoms with Crippen molar-refractivity contribution in [3.05, 3.63) is 17.5 Å². The fourth-order valence-electron chi connectivity index (χ4n) is 2.42. The molecule has 0 aromatic carbocycles. The van der Waals surface area contributed by atoms with Crippen LogP contribution in [0.4, 0.5) is 13.2 Å². The third kappa shape index (κ3) is 3.48. The quantitative estimate of drug-likeness (QED) is 0.909. The minimum absolute atomic E-state index is 0.0811. The Morgan fingerprint density at radius 1 is 1.44 bits per heavy atom. The lowest BCUT2D eigenvalue weighted by molar-refractivity contribution is -0.183. The Morgan fingerprint density at radius 2 is 2.22 bits per heavy atom. The smallest absolute Gasteiger partial charge is 0.361 e. The minimum atomic E-state index is -4.06. The van der Waals surface area contributed by atoms with Gasteiger partial charge in [-0.25, -0.2) is 0 Å². The SMILES string of the molecule is Cc1cc(CNC2CCCC(C(F)(F)F)C2)no1. The van der Waals surface area contributed by atoms with Gasteiger partial charge in [0.25, 0.3) is 0 Å². The second-order valence-corrected chi connectivity index (χ2v) is 4.91. The van der Waals surface area contributed by atoms with Gasteiger partial charge in [0.05, 0.1) is 11.6 Å². The summed E-state index contributed by atoms with van der Waals surface area (Å²) in [5.74, 6) is -0.452. The maximum atomic E-state index is 12.6. The standard InChI is InChI=1S/C12H17F3N2O/c1-8-5-11(17-18-8)7-16-10-4-2-3-9(6-10)12(13,14)15/h5,9-10,16H,2-4,6-7H2,1H3. The number of aromatic nitrogens is 1. The van der Waals surface area contributed by atoms with E-state index in [0.29, 0.717) is 18.7 Å². The zero-order chi connectivity index (χ0) is 13.2. The van der Waals surface area contributed by atoms with Gasteiger partial charge in [-0.05, 0) is 26.2 Å². The molecule has 1 heterocycles. The molecule has 1 fully saturated rings. The van der Waals surface area contributed by atoms with Gasteiger partial charge in [0.1, 0.15) is 5.76 Å². The van der Waals surface area contributed by atoms with Crippen molar-refractivity contribution in [3.63, 3.8) is 0 Å². The van der Waals surface area contributed by atoms with Crippen LogP contribution in [-0.4, -0.2) is 17.4 Å². The topological polar surface area (TPSA) is 38.1 Å². The summed E-state index contributed by atoms with van der Waals surface area (Å²) in [5, 5.41) is 6.94. The molecule has 3 nitrogen and oxygen atoms in total.